The zero-order valence-electron chi connectivity index (χ0n) is 10.7. The summed E-state index contributed by atoms with van der Waals surface area (Å²) in [7, 11) is 1.71. The minimum Gasteiger partial charge on any atom is -0.493 e. The summed E-state index contributed by atoms with van der Waals surface area (Å²) in [4.78, 5) is 0. The Balaban J connectivity index is 1.90. The van der Waals surface area contributed by atoms with E-state index in [1.54, 1.807) is 7.11 Å². The molecular weight excluding hydrogens is 226 g/mol. The van der Waals surface area contributed by atoms with E-state index < -0.39 is 0 Å². The number of nitrogens with two attached hydrogens (primary N) is 1. The van der Waals surface area contributed by atoms with Crippen LogP contribution in [0, 0.1) is 5.92 Å². The van der Waals surface area contributed by atoms with Crippen molar-refractivity contribution in [3.05, 3.63) is 23.3 Å². The molecule has 1 aromatic rings. The first-order chi connectivity index (χ1) is 8.79. The molecule has 1 saturated carbocycles. The predicted molar refractivity (Wildman–Crippen MR) is 69.2 cm³/mol. The summed E-state index contributed by atoms with van der Waals surface area (Å²) in [5.41, 5.74) is 9.12. The molecule has 1 aliphatic heterocycles. The fourth-order valence-corrected chi connectivity index (χ4v) is 4.13. The van der Waals surface area contributed by atoms with Gasteiger partial charge in [0.1, 0.15) is 6.10 Å². The smallest absolute Gasteiger partial charge is 0.165 e. The second-order valence-corrected chi connectivity index (χ2v) is 5.82. The molecule has 0 saturated heterocycles. The standard InChI is InChI=1S/C15H19NO2/c1-17-11-7-5-9-3-2-8-4-6-10(16)14-12(8)13(9)15(11)18-14/h5,7-8,10,12,14H,2-4,6,16H2,1H3. The van der Waals surface area contributed by atoms with Gasteiger partial charge in [-0.25, -0.2) is 0 Å². The van der Waals surface area contributed by atoms with Gasteiger partial charge in [0.05, 0.1) is 7.11 Å². The summed E-state index contributed by atoms with van der Waals surface area (Å²) < 4.78 is 11.6. The number of ether oxygens (including phenoxy) is 2. The highest BCUT2D eigenvalue weighted by molar-refractivity contribution is 5.57. The van der Waals surface area contributed by atoms with Crippen LogP contribution in [0.2, 0.25) is 0 Å². The molecule has 1 fully saturated rings. The fraction of sp³-hybridized carbons (Fsp3) is 0.600. The Morgan fingerprint density at radius 2 is 2.17 bits per heavy atom. The molecule has 4 atom stereocenters. The maximum Gasteiger partial charge on any atom is 0.165 e. The predicted octanol–water partition coefficient (Wildman–Crippen LogP) is 2.22. The molecule has 0 aromatic heterocycles. The maximum absolute atomic E-state index is 6.26. The lowest BCUT2D eigenvalue weighted by molar-refractivity contribution is 0.0974. The lowest BCUT2D eigenvalue weighted by atomic mass is 9.66. The second kappa shape index (κ2) is 3.64. The summed E-state index contributed by atoms with van der Waals surface area (Å²) >= 11 is 0. The lowest BCUT2D eigenvalue weighted by Gasteiger charge is -2.39. The second-order valence-electron chi connectivity index (χ2n) is 5.82. The number of hydrogen-bond donors (Lipinski definition) is 1. The summed E-state index contributed by atoms with van der Waals surface area (Å²) in [6.07, 6.45) is 4.99. The highest BCUT2D eigenvalue weighted by Crippen LogP contribution is 2.56. The van der Waals surface area contributed by atoms with Crippen LogP contribution in [-0.2, 0) is 6.42 Å². The molecule has 3 nitrogen and oxygen atoms in total. The summed E-state index contributed by atoms with van der Waals surface area (Å²) in [6.45, 7) is 0. The van der Waals surface area contributed by atoms with Crippen LogP contribution in [0.5, 0.6) is 11.5 Å². The van der Waals surface area contributed by atoms with Crippen molar-refractivity contribution < 1.29 is 9.47 Å². The van der Waals surface area contributed by atoms with Gasteiger partial charge in [-0.1, -0.05) is 6.07 Å². The Hall–Kier alpha value is -1.22. The summed E-state index contributed by atoms with van der Waals surface area (Å²) in [5, 5.41) is 0. The largest absolute Gasteiger partial charge is 0.493 e. The van der Waals surface area contributed by atoms with Crippen LogP contribution in [-0.4, -0.2) is 19.3 Å². The van der Waals surface area contributed by atoms with Crippen molar-refractivity contribution in [1.82, 2.24) is 0 Å². The van der Waals surface area contributed by atoms with Crippen molar-refractivity contribution in [2.45, 2.75) is 43.7 Å². The Kier molecular flexibility index (Phi) is 2.16. The van der Waals surface area contributed by atoms with Gasteiger partial charge in [-0.2, -0.15) is 0 Å². The lowest BCUT2D eigenvalue weighted by Crippen LogP contribution is -2.47. The SMILES string of the molecule is COc1ccc2c3c1OC1C(N)CCC(CC2)C31. The topological polar surface area (TPSA) is 44.5 Å². The third kappa shape index (κ3) is 1.23. The molecule has 1 heterocycles. The first-order valence-electron chi connectivity index (χ1n) is 6.91. The highest BCUT2D eigenvalue weighted by atomic mass is 16.5. The van der Waals surface area contributed by atoms with Gasteiger partial charge in [0, 0.05) is 17.5 Å². The molecule has 2 aliphatic carbocycles. The van der Waals surface area contributed by atoms with Crippen molar-refractivity contribution in [2.24, 2.45) is 11.7 Å². The zero-order valence-corrected chi connectivity index (χ0v) is 10.7. The highest BCUT2D eigenvalue weighted by Gasteiger charge is 2.49. The maximum atomic E-state index is 6.26. The van der Waals surface area contributed by atoms with Crippen LogP contribution in [0.25, 0.3) is 0 Å². The average molecular weight is 245 g/mol. The van der Waals surface area contributed by atoms with Gasteiger partial charge in [0.2, 0.25) is 0 Å². The molecule has 1 aromatic carbocycles. The van der Waals surface area contributed by atoms with Gasteiger partial charge in [-0.15, -0.1) is 0 Å². The molecule has 0 spiro atoms. The molecule has 4 unspecified atom stereocenters. The van der Waals surface area contributed by atoms with Crippen molar-refractivity contribution >= 4 is 0 Å². The quantitative estimate of drug-likeness (QED) is 0.825. The Morgan fingerprint density at radius 1 is 1.28 bits per heavy atom. The van der Waals surface area contributed by atoms with E-state index in [1.807, 2.05) is 6.07 Å². The minimum atomic E-state index is 0.175. The molecule has 3 aliphatic rings. The van der Waals surface area contributed by atoms with Crippen LogP contribution < -0.4 is 15.2 Å². The molecule has 18 heavy (non-hydrogen) atoms. The van der Waals surface area contributed by atoms with E-state index in [-0.39, 0.29) is 12.1 Å². The zero-order chi connectivity index (χ0) is 12.3. The van der Waals surface area contributed by atoms with Gasteiger partial charge in [-0.05, 0) is 43.2 Å². The molecule has 3 heteroatoms. The summed E-state index contributed by atoms with van der Waals surface area (Å²) in [5.74, 6) is 3.13. The molecule has 0 bridgehead atoms. The molecular formula is C15H19NO2. The van der Waals surface area contributed by atoms with Gasteiger partial charge < -0.3 is 15.2 Å². The van der Waals surface area contributed by atoms with Gasteiger partial charge in [0.25, 0.3) is 0 Å². The molecule has 0 radical (unpaired) electrons. The normalized spacial score (nSPS) is 35.9. The van der Waals surface area contributed by atoms with Gasteiger partial charge >= 0.3 is 0 Å². The summed E-state index contributed by atoms with van der Waals surface area (Å²) in [6, 6.07) is 4.42. The van der Waals surface area contributed by atoms with Crippen molar-refractivity contribution in [3.63, 3.8) is 0 Å². The molecule has 2 N–H and O–H groups in total. The average Bonchev–Trinajstić information content (AvgIpc) is 2.81. The number of benzene rings is 1. The van der Waals surface area contributed by atoms with E-state index in [9.17, 15) is 0 Å². The minimum absolute atomic E-state index is 0.175. The van der Waals surface area contributed by atoms with Crippen LogP contribution >= 0.6 is 0 Å². The molecule has 96 valence electrons. The number of methoxy groups -OCH3 is 1. The Morgan fingerprint density at radius 3 is 3.00 bits per heavy atom. The van der Waals surface area contributed by atoms with Crippen LogP contribution in [0.4, 0.5) is 0 Å². The van der Waals surface area contributed by atoms with Crippen LogP contribution in [0.1, 0.15) is 36.3 Å². The van der Waals surface area contributed by atoms with Crippen molar-refractivity contribution in [3.8, 4) is 11.5 Å². The Bertz CT molecular complexity index is 500. The van der Waals surface area contributed by atoms with Gasteiger partial charge in [-0.3, -0.25) is 0 Å². The first-order valence-corrected chi connectivity index (χ1v) is 6.91. The number of hydrogen-bond acceptors (Lipinski definition) is 3. The molecule has 4 rings (SSSR count). The van der Waals surface area contributed by atoms with Crippen LogP contribution in [0.3, 0.4) is 0 Å². The monoisotopic (exact) mass is 245 g/mol. The third-order valence-electron chi connectivity index (χ3n) is 5.00. The van der Waals surface area contributed by atoms with E-state index in [0.29, 0.717) is 5.92 Å². The first kappa shape index (κ1) is 10.7. The van der Waals surface area contributed by atoms with Crippen molar-refractivity contribution in [1.29, 1.82) is 0 Å². The van der Waals surface area contributed by atoms with Gasteiger partial charge in [0.15, 0.2) is 11.5 Å². The number of rotatable bonds is 1. The van der Waals surface area contributed by atoms with E-state index in [2.05, 4.69) is 6.07 Å². The number of aryl methyl sites for hydroxylation is 1. The fourth-order valence-electron chi connectivity index (χ4n) is 4.13. The van der Waals surface area contributed by atoms with E-state index >= 15 is 0 Å². The molecule has 0 amide bonds. The van der Waals surface area contributed by atoms with E-state index in [0.717, 1.165) is 23.8 Å². The third-order valence-corrected chi connectivity index (χ3v) is 5.00. The van der Waals surface area contributed by atoms with E-state index in [4.69, 9.17) is 15.2 Å². The van der Waals surface area contributed by atoms with E-state index in [1.165, 1.54) is 30.4 Å². The van der Waals surface area contributed by atoms with Crippen molar-refractivity contribution in [2.75, 3.05) is 7.11 Å². The van der Waals surface area contributed by atoms with Crippen LogP contribution in [0.15, 0.2) is 12.1 Å². The Labute approximate surface area is 107 Å².